The number of amides is 1. The average Bonchev–Trinajstić information content (AvgIpc) is 2.95. The van der Waals surface area contributed by atoms with Crippen LogP contribution in [0.3, 0.4) is 0 Å². The van der Waals surface area contributed by atoms with Gasteiger partial charge >= 0.3 is 0 Å². The van der Waals surface area contributed by atoms with Gasteiger partial charge in [0.25, 0.3) is 0 Å². The Morgan fingerprint density at radius 1 is 1.45 bits per heavy atom. The van der Waals surface area contributed by atoms with Crippen LogP contribution < -0.4 is 10.1 Å². The highest BCUT2D eigenvalue weighted by molar-refractivity contribution is 5.95. The number of anilines is 1. The summed E-state index contributed by atoms with van der Waals surface area (Å²) in [6.45, 7) is 2.09. The van der Waals surface area contributed by atoms with E-state index in [1.807, 2.05) is 18.2 Å². The van der Waals surface area contributed by atoms with Crippen molar-refractivity contribution >= 4 is 11.6 Å². The zero-order chi connectivity index (χ0) is 14.4. The molecule has 0 unspecified atom stereocenters. The van der Waals surface area contributed by atoms with Crippen LogP contribution in [0.5, 0.6) is 5.75 Å². The van der Waals surface area contributed by atoms with Crippen LogP contribution >= 0.6 is 0 Å². The van der Waals surface area contributed by atoms with Crippen molar-refractivity contribution in [3.8, 4) is 11.8 Å². The first-order chi connectivity index (χ1) is 9.70. The minimum Gasteiger partial charge on any atom is -0.479 e. The summed E-state index contributed by atoms with van der Waals surface area (Å²) >= 11 is 0. The van der Waals surface area contributed by atoms with Crippen LogP contribution in [-0.2, 0) is 4.79 Å². The van der Waals surface area contributed by atoms with E-state index in [2.05, 4.69) is 12.2 Å². The first-order valence-electron chi connectivity index (χ1n) is 7.11. The average molecular weight is 272 g/mol. The number of carbonyl (C=O) groups is 1. The predicted molar refractivity (Wildman–Crippen MR) is 77.4 cm³/mol. The normalized spacial score (nSPS) is 16.4. The fourth-order valence-electron chi connectivity index (χ4n) is 2.84. The molecule has 2 rings (SSSR count). The van der Waals surface area contributed by atoms with Gasteiger partial charge in [0.15, 0.2) is 6.61 Å². The smallest absolute Gasteiger partial charge is 0.230 e. The van der Waals surface area contributed by atoms with E-state index < -0.39 is 0 Å². The summed E-state index contributed by atoms with van der Waals surface area (Å²) in [5, 5.41) is 11.5. The maximum atomic E-state index is 12.5. The van der Waals surface area contributed by atoms with E-state index in [1.165, 1.54) is 0 Å². The Hall–Kier alpha value is -2.02. The zero-order valence-corrected chi connectivity index (χ0v) is 11.8. The van der Waals surface area contributed by atoms with Crippen LogP contribution in [0.15, 0.2) is 24.3 Å². The van der Waals surface area contributed by atoms with Crippen LogP contribution in [0.25, 0.3) is 0 Å². The van der Waals surface area contributed by atoms with E-state index in [9.17, 15) is 4.79 Å². The minimum atomic E-state index is -0.205. The highest BCUT2D eigenvalue weighted by Gasteiger charge is 2.39. The molecular weight excluding hydrogens is 252 g/mol. The molecule has 1 N–H and O–H groups in total. The van der Waals surface area contributed by atoms with Crippen molar-refractivity contribution in [2.75, 3.05) is 11.9 Å². The van der Waals surface area contributed by atoms with Crippen molar-refractivity contribution in [1.82, 2.24) is 0 Å². The number of nitrogens with zero attached hydrogens (tertiary/aromatic N) is 1. The Morgan fingerprint density at radius 2 is 2.20 bits per heavy atom. The lowest BCUT2D eigenvalue weighted by Crippen LogP contribution is -2.33. The molecule has 1 amide bonds. The number of nitrogens with one attached hydrogen (secondary N) is 1. The molecule has 1 aliphatic carbocycles. The third-order valence-electron chi connectivity index (χ3n) is 4.11. The van der Waals surface area contributed by atoms with E-state index >= 15 is 0 Å². The topological polar surface area (TPSA) is 62.1 Å². The summed E-state index contributed by atoms with van der Waals surface area (Å²) in [7, 11) is 0. The third-order valence-corrected chi connectivity index (χ3v) is 4.11. The van der Waals surface area contributed by atoms with Gasteiger partial charge in [-0.05, 0) is 31.4 Å². The van der Waals surface area contributed by atoms with E-state index in [0.717, 1.165) is 37.8 Å². The largest absolute Gasteiger partial charge is 0.479 e. The van der Waals surface area contributed by atoms with E-state index in [-0.39, 0.29) is 17.9 Å². The zero-order valence-electron chi connectivity index (χ0n) is 11.8. The van der Waals surface area contributed by atoms with Gasteiger partial charge in [-0.25, -0.2) is 0 Å². The van der Waals surface area contributed by atoms with Crippen molar-refractivity contribution in [3.05, 3.63) is 24.3 Å². The van der Waals surface area contributed by atoms with Gasteiger partial charge in [0, 0.05) is 17.2 Å². The third kappa shape index (κ3) is 3.11. The molecule has 20 heavy (non-hydrogen) atoms. The first-order valence-corrected chi connectivity index (χ1v) is 7.11. The second-order valence-corrected chi connectivity index (χ2v) is 5.27. The van der Waals surface area contributed by atoms with Gasteiger partial charge in [-0.2, -0.15) is 5.26 Å². The van der Waals surface area contributed by atoms with Gasteiger partial charge < -0.3 is 10.1 Å². The van der Waals surface area contributed by atoms with Crippen molar-refractivity contribution < 1.29 is 9.53 Å². The number of nitriles is 1. The fourth-order valence-corrected chi connectivity index (χ4v) is 2.84. The Bertz CT molecular complexity index is 513. The molecule has 4 nitrogen and oxygen atoms in total. The molecule has 1 aliphatic rings. The number of rotatable bonds is 5. The summed E-state index contributed by atoms with van der Waals surface area (Å²) < 4.78 is 5.24. The summed E-state index contributed by atoms with van der Waals surface area (Å²) in [4.78, 5) is 12.5. The Labute approximate surface area is 119 Å². The second kappa shape index (κ2) is 6.42. The molecule has 0 spiro atoms. The van der Waals surface area contributed by atoms with Crippen molar-refractivity contribution in [1.29, 1.82) is 5.26 Å². The maximum absolute atomic E-state index is 12.5. The minimum absolute atomic E-state index is 0.0102. The Kier molecular flexibility index (Phi) is 4.62. The first kappa shape index (κ1) is 14.4. The molecule has 0 bridgehead atoms. The standard InChI is InChI=1S/C16H20N2O2/c1-2-16(8-3-4-9-16)15(19)18-13-6-5-7-14(12-13)20-11-10-17/h5-7,12H,2-4,8-9,11H2,1H3,(H,18,19). The Balaban J connectivity index is 2.06. The molecule has 1 aromatic rings. The van der Waals surface area contributed by atoms with Crippen LogP contribution in [0, 0.1) is 16.7 Å². The van der Waals surface area contributed by atoms with Crippen molar-refractivity contribution in [2.24, 2.45) is 5.41 Å². The fraction of sp³-hybridized carbons (Fsp3) is 0.500. The van der Waals surface area contributed by atoms with Gasteiger partial charge in [-0.1, -0.05) is 25.8 Å². The number of benzene rings is 1. The molecule has 106 valence electrons. The summed E-state index contributed by atoms with van der Waals surface area (Å²) in [6, 6.07) is 9.12. The lowest BCUT2D eigenvalue weighted by molar-refractivity contribution is -0.125. The molecule has 1 aromatic carbocycles. The van der Waals surface area contributed by atoms with Gasteiger partial charge in [-0.15, -0.1) is 0 Å². The van der Waals surface area contributed by atoms with E-state index in [1.54, 1.807) is 12.1 Å². The van der Waals surface area contributed by atoms with Gasteiger partial charge in [0.2, 0.25) is 5.91 Å². The summed E-state index contributed by atoms with van der Waals surface area (Å²) in [5.41, 5.74) is 0.522. The molecule has 0 aromatic heterocycles. The van der Waals surface area contributed by atoms with Crippen molar-refractivity contribution in [3.63, 3.8) is 0 Å². The molecule has 0 atom stereocenters. The molecule has 1 fully saturated rings. The SMILES string of the molecule is CCC1(C(=O)Nc2cccc(OCC#N)c2)CCCC1. The molecule has 1 saturated carbocycles. The van der Waals surface area contributed by atoms with Crippen LogP contribution in [0.1, 0.15) is 39.0 Å². The maximum Gasteiger partial charge on any atom is 0.230 e. The summed E-state index contributed by atoms with van der Waals surface area (Å²) in [5.74, 6) is 0.705. The van der Waals surface area contributed by atoms with Crippen LogP contribution in [0.2, 0.25) is 0 Å². The highest BCUT2D eigenvalue weighted by Crippen LogP contribution is 2.41. The van der Waals surface area contributed by atoms with Crippen molar-refractivity contribution in [2.45, 2.75) is 39.0 Å². The number of hydrogen-bond acceptors (Lipinski definition) is 3. The predicted octanol–water partition coefficient (Wildman–Crippen LogP) is 3.50. The summed E-state index contributed by atoms with van der Waals surface area (Å²) in [6.07, 6.45) is 5.09. The highest BCUT2D eigenvalue weighted by atomic mass is 16.5. The van der Waals surface area contributed by atoms with Gasteiger partial charge in [-0.3, -0.25) is 4.79 Å². The van der Waals surface area contributed by atoms with Gasteiger partial charge in [0.1, 0.15) is 11.8 Å². The quantitative estimate of drug-likeness (QED) is 0.892. The van der Waals surface area contributed by atoms with Crippen LogP contribution in [-0.4, -0.2) is 12.5 Å². The second-order valence-electron chi connectivity index (χ2n) is 5.27. The Morgan fingerprint density at radius 3 is 2.85 bits per heavy atom. The molecule has 0 radical (unpaired) electrons. The van der Waals surface area contributed by atoms with E-state index in [4.69, 9.17) is 10.00 Å². The van der Waals surface area contributed by atoms with E-state index in [0.29, 0.717) is 5.75 Å². The number of ether oxygens (including phenoxy) is 1. The number of hydrogen-bond donors (Lipinski definition) is 1. The monoisotopic (exact) mass is 272 g/mol. The lowest BCUT2D eigenvalue weighted by atomic mass is 9.82. The molecular formula is C16H20N2O2. The van der Waals surface area contributed by atoms with Crippen LogP contribution in [0.4, 0.5) is 5.69 Å². The number of carbonyl (C=O) groups excluding carboxylic acids is 1. The molecule has 4 heteroatoms. The molecule has 0 heterocycles. The lowest BCUT2D eigenvalue weighted by Gasteiger charge is -2.26. The molecule has 0 aliphatic heterocycles. The molecule has 0 saturated heterocycles. The van der Waals surface area contributed by atoms with Gasteiger partial charge in [0.05, 0.1) is 0 Å².